The number of rotatable bonds is 6. The van der Waals surface area contributed by atoms with Gasteiger partial charge in [-0.25, -0.2) is 19.9 Å². The van der Waals surface area contributed by atoms with E-state index in [4.69, 9.17) is 19.9 Å². The molecule has 9 rings (SSSR count). The molecule has 4 nitrogen and oxygen atoms in total. The van der Waals surface area contributed by atoms with E-state index in [1.54, 1.807) is 11.3 Å². The van der Waals surface area contributed by atoms with Crippen molar-refractivity contribution in [3.8, 4) is 67.0 Å². The second-order valence-electron chi connectivity index (χ2n) is 11.9. The quantitative estimate of drug-likeness (QED) is 0.181. The molecule has 0 saturated carbocycles. The van der Waals surface area contributed by atoms with Crippen LogP contribution in [-0.2, 0) is 0 Å². The lowest BCUT2D eigenvalue weighted by molar-refractivity contribution is 1.07. The van der Waals surface area contributed by atoms with Gasteiger partial charge in [-0.2, -0.15) is 0 Å². The van der Waals surface area contributed by atoms with Crippen molar-refractivity contribution in [1.29, 1.82) is 0 Å². The van der Waals surface area contributed by atoms with E-state index in [9.17, 15) is 0 Å². The van der Waals surface area contributed by atoms with Gasteiger partial charge in [0, 0.05) is 27.6 Å². The van der Waals surface area contributed by atoms with Crippen molar-refractivity contribution in [3.05, 3.63) is 170 Å². The molecule has 0 N–H and O–H groups in total. The Morgan fingerprint density at radius 1 is 0.327 bits per heavy atom. The lowest BCUT2D eigenvalue weighted by atomic mass is 9.99. The highest BCUT2D eigenvalue weighted by Gasteiger charge is 2.14. The van der Waals surface area contributed by atoms with E-state index < -0.39 is 0 Å². The predicted molar refractivity (Wildman–Crippen MR) is 203 cm³/mol. The van der Waals surface area contributed by atoms with E-state index in [1.807, 2.05) is 42.5 Å². The molecule has 230 valence electrons. The first-order valence-electron chi connectivity index (χ1n) is 16.2. The number of aromatic nitrogens is 4. The molecule has 0 fully saturated rings. The summed E-state index contributed by atoms with van der Waals surface area (Å²) in [6.45, 7) is 0. The summed E-state index contributed by atoms with van der Waals surface area (Å²) in [5, 5.41) is 3.44. The molecule has 5 heteroatoms. The minimum Gasteiger partial charge on any atom is -0.236 e. The van der Waals surface area contributed by atoms with Gasteiger partial charge in [-0.05, 0) is 45.8 Å². The largest absolute Gasteiger partial charge is 0.236 e. The number of nitrogens with zero attached hydrogens (tertiary/aromatic N) is 4. The molecule has 0 aliphatic rings. The van der Waals surface area contributed by atoms with Crippen molar-refractivity contribution in [2.24, 2.45) is 0 Å². The van der Waals surface area contributed by atoms with Crippen molar-refractivity contribution < 1.29 is 0 Å². The molecule has 0 aliphatic heterocycles. The zero-order valence-corrected chi connectivity index (χ0v) is 27.2. The number of fused-ring (bicyclic) bond motifs is 3. The maximum atomic E-state index is 5.02. The summed E-state index contributed by atoms with van der Waals surface area (Å²) in [5.74, 6) is 1.92. The van der Waals surface area contributed by atoms with Crippen LogP contribution in [0.5, 0.6) is 0 Å². The topological polar surface area (TPSA) is 51.6 Å². The maximum Gasteiger partial charge on any atom is 0.164 e. The molecular weight excluding hydrogens is 617 g/mol. The highest BCUT2D eigenvalue weighted by molar-refractivity contribution is 7.22. The first-order valence-corrected chi connectivity index (χ1v) is 17.0. The molecule has 0 bridgehead atoms. The third-order valence-corrected chi connectivity index (χ3v) is 9.92. The maximum absolute atomic E-state index is 5.02. The molecule has 2 heterocycles. The number of hydrogen-bond donors (Lipinski definition) is 0. The van der Waals surface area contributed by atoms with Crippen LogP contribution in [0.25, 0.3) is 88.0 Å². The Bertz CT molecular complexity index is 2580. The van der Waals surface area contributed by atoms with Gasteiger partial charge in [0.25, 0.3) is 0 Å². The minimum atomic E-state index is 0.637. The average molecular weight is 645 g/mol. The summed E-state index contributed by atoms with van der Waals surface area (Å²) in [4.78, 5) is 19.9. The Hall–Kier alpha value is -6.30. The molecule has 0 amide bonds. The molecule has 0 atom stereocenters. The lowest BCUT2D eigenvalue weighted by Gasteiger charge is -2.10. The average Bonchev–Trinajstić information content (AvgIpc) is 3.64. The second-order valence-corrected chi connectivity index (χ2v) is 12.9. The fraction of sp³-hybridized carbons (Fsp3) is 0. The predicted octanol–water partition coefficient (Wildman–Crippen LogP) is 11.6. The summed E-state index contributed by atoms with van der Waals surface area (Å²) in [6.07, 6.45) is 0. The molecule has 49 heavy (non-hydrogen) atoms. The van der Waals surface area contributed by atoms with Gasteiger partial charge in [0.2, 0.25) is 0 Å². The lowest BCUT2D eigenvalue weighted by Crippen LogP contribution is -2.00. The minimum absolute atomic E-state index is 0.637. The van der Waals surface area contributed by atoms with Gasteiger partial charge in [0.05, 0.1) is 10.2 Å². The summed E-state index contributed by atoms with van der Waals surface area (Å²) in [7, 11) is 0. The first kappa shape index (κ1) is 28.9. The van der Waals surface area contributed by atoms with Gasteiger partial charge in [0.15, 0.2) is 17.5 Å². The molecule has 2 aromatic heterocycles. The summed E-state index contributed by atoms with van der Waals surface area (Å²) >= 11 is 1.75. The third-order valence-electron chi connectivity index (χ3n) is 8.76. The SMILES string of the molecule is c1ccc(-c2ccc(-c3nc(-c4ccccc4)nc(-c4cccc(-c5ccc6c(ccc7nc(-c8ccccc8)sc76)c5)c4)n3)cc2)cc1. The Balaban J connectivity index is 1.10. The Labute approximate surface area is 288 Å². The molecule has 0 saturated heterocycles. The Morgan fingerprint density at radius 2 is 0.816 bits per heavy atom. The van der Waals surface area contributed by atoms with Gasteiger partial charge in [-0.15, -0.1) is 11.3 Å². The molecule has 0 spiro atoms. The summed E-state index contributed by atoms with van der Waals surface area (Å²) < 4.78 is 1.21. The molecular formula is C44H28N4S. The van der Waals surface area contributed by atoms with E-state index >= 15 is 0 Å². The van der Waals surface area contributed by atoms with Crippen LogP contribution in [0.15, 0.2) is 170 Å². The monoisotopic (exact) mass is 644 g/mol. The van der Waals surface area contributed by atoms with E-state index in [0.29, 0.717) is 17.5 Å². The number of benzene rings is 7. The standard InChI is InChI=1S/C44H28N4S/c1-4-11-29(12-5-1)30-19-21-32(22-20-30)42-46-41(31-13-6-2-7-14-31)47-43(48-42)37-18-10-17-34(28-37)35-23-25-38-36(27-35)24-26-39-40(38)49-44(45-39)33-15-8-3-9-16-33/h1-28H. The Morgan fingerprint density at radius 3 is 1.51 bits per heavy atom. The van der Waals surface area contributed by atoms with Crippen LogP contribution >= 0.6 is 11.3 Å². The van der Waals surface area contributed by atoms with E-state index in [-0.39, 0.29) is 0 Å². The van der Waals surface area contributed by atoms with Crippen molar-refractivity contribution in [1.82, 2.24) is 19.9 Å². The van der Waals surface area contributed by atoms with Gasteiger partial charge in [0.1, 0.15) is 5.01 Å². The smallest absolute Gasteiger partial charge is 0.164 e. The fourth-order valence-electron chi connectivity index (χ4n) is 6.23. The van der Waals surface area contributed by atoms with Crippen LogP contribution < -0.4 is 0 Å². The van der Waals surface area contributed by atoms with Gasteiger partial charge < -0.3 is 0 Å². The van der Waals surface area contributed by atoms with Crippen molar-refractivity contribution in [3.63, 3.8) is 0 Å². The molecule has 0 radical (unpaired) electrons. The Kier molecular flexibility index (Phi) is 7.30. The van der Waals surface area contributed by atoms with Crippen LogP contribution in [0.3, 0.4) is 0 Å². The van der Waals surface area contributed by atoms with Gasteiger partial charge in [-0.3, -0.25) is 0 Å². The van der Waals surface area contributed by atoms with Crippen molar-refractivity contribution in [2.45, 2.75) is 0 Å². The first-order chi connectivity index (χ1) is 24.2. The number of hydrogen-bond acceptors (Lipinski definition) is 5. The van der Waals surface area contributed by atoms with Crippen molar-refractivity contribution >= 4 is 32.3 Å². The third kappa shape index (κ3) is 5.67. The zero-order chi connectivity index (χ0) is 32.6. The molecule has 7 aromatic carbocycles. The van der Waals surface area contributed by atoms with Crippen LogP contribution in [0, 0.1) is 0 Å². The number of thiazole rings is 1. The van der Waals surface area contributed by atoms with E-state index in [0.717, 1.165) is 49.5 Å². The molecule has 9 aromatic rings. The highest BCUT2D eigenvalue weighted by atomic mass is 32.1. The zero-order valence-electron chi connectivity index (χ0n) is 26.4. The summed E-state index contributed by atoms with van der Waals surface area (Å²) in [6, 6.07) is 58.7. The van der Waals surface area contributed by atoms with E-state index in [1.165, 1.54) is 21.0 Å². The van der Waals surface area contributed by atoms with Crippen LogP contribution in [-0.4, -0.2) is 19.9 Å². The summed E-state index contributed by atoms with van der Waals surface area (Å²) in [5.41, 5.74) is 9.56. The van der Waals surface area contributed by atoms with E-state index in [2.05, 4.69) is 127 Å². The van der Waals surface area contributed by atoms with Gasteiger partial charge >= 0.3 is 0 Å². The second kappa shape index (κ2) is 12.4. The van der Waals surface area contributed by atoms with Crippen molar-refractivity contribution in [2.75, 3.05) is 0 Å². The van der Waals surface area contributed by atoms with Crippen LogP contribution in [0.2, 0.25) is 0 Å². The normalized spacial score (nSPS) is 11.3. The van der Waals surface area contributed by atoms with Gasteiger partial charge in [-0.1, -0.05) is 152 Å². The fourth-order valence-corrected chi connectivity index (χ4v) is 7.33. The molecule has 0 unspecified atom stereocenters. The highest BCUT2D eigenvalue weighted by Crippen LogP contribution is 2.37. The van der Waals surface area contributed by atoms with Crippen LogP contribution in [0.1, 0.15) is 0 Å². The van der Waals surface area contributed by atoms with Crippen LogP contribution in [0.4, 0.5) is 0 Å². The molecule has 0 aliphatic carbocycles.